The van der Waals surface area contributed by atoms with Crippen LogP contribution in [0, 0.1) is 5.82 Å². The SMILES string of the molecule is O=C1CN(C(=O)Cc2c(F)cccc2Cl)c2ccccc2N1. The Morgan fingerprint density at radius 3 is 2.77 bits per heavy atom. The number of benzene rings is 2. The Hall–Kier alpha value is -2.40. The second-order valence-electron chi connectivity index (χ2n) is 4.92. The molecule has 0 aromatic heterocycles. The summed E-state index contributed by atoms with van der Waals surface area (Å²) >= 11 is 5.95. The van der Waals surface area contributed by atoms with Crippen LogP contribution in [-0.2, 0) is 16.0 Å². The van der Waals surface area contributed by atoms with E-state index in [1.165, 1.54) is 23.1 Å². The minimum atomic E-state index is -0.532. The number of para-hydroxylation sites is 2. The molecule has 1 N–H and O–H groups in total. The van der Waals surface area contributed by atoms with E-state index in [1.807, 2.05) is 0 Å². The number of nitrogens with zero attached hydrogens (tertiary/aromatic N) is 1. The molecule has 1 aliphatic rings. The summed E-state index contributed by atoms with van der Waals surface area (Å²) in [6.45, 7) is -0.0953. The van der Waals surface area contributed by atoms with Gasteiger partial charge < -0.3 is 10.2 Å². The number of fused-ring (bicyclic) bond motifs is 1. The lowest BCUT2D eigenvalue weighted by atomic mass is 10.1. The Morgan fingerprint density at radius 2 is 2.00 bits per heavy atom. The first-order chi connectivity index (χ1) is 10.6. The molecule has 0 atom stereocenters. The van der Waals surface area contributed by atoms with Crippen molar-refractivity contribution in [2.24, 2.45) is 0 Å². The van der Waals surface area contributed by atoms with Crippen molar-refractivity contribution in [3.8, 4) is 0 Å². The highest BCUT2D eigenvalue weighted by Crippen LogP contribution is 2.30. The number of amides is 2. The molecular formula is C16H12ClFN2O2. The fourth-order valence-electron chi connectivity index (χ4n) is 2.40. The van der Waals surface area contributed by atoms with Gasteiger partial charge in [-0.3, -0.25) is 9.59 Å². The van der Waals surface area contributed by atoms with Gasteiger partial charge in [-0.05, 0) is 24.3 Å². The van der Waals surface area contributed by atoms with Gasteiger partial charge in [-0.2, -0.15) is 0 Å². The van der Waals surface area contributed by atoms with E-state index in [2.05, 4.69) is 5.32 Å². The minimum Gasteiger partial charge on any atom is -0.323 e. The maximum absolute atomic E-state index is 13.8. The summed E-state index contributed by atoms with van der Waals surface area (Å²) in [6.07, 6.45) is -0.201. The number of hydrogen-bond donors (Lipinski definition) is 1. The van der Waals surface area contributed by atoms with Gasteiger partial charge in [0.15, 0.2) is 0 Å². The molecule has 2 aromatic carbocycles. The lowest BCUT2D eigenvalue weighted by Gasteiger charge is -2.29. The Kier molecular flexibility index (Phi) is 3.81. The molecule has 0 bridgehead atoms. The van der Waals surface area contributed by atoms with Crippen molar-refractivity contribution in [2.75, 3.05) is 16.8 Å². The molecule has 3 rings (SSSR count). The molecule has 0 saturated heterocycles. The second-order valence-corrected chi connectivity index (χ2v) is 5.33. The molecule has 2 aromatic rings. The molecule has 6 heteroatoms. The molecule has 0 saturated carbocycles. The van der Waals surface area contributed by atoms with Crippen LogP contribution in [0.25, 0.3) is 0 Å². The topological polar surface area (TPSA) is 49.4 Å². The third-order valence-corrected chi connectivity index (χ3v) is 3.82. The van der Waals surface area contributed by atoms with E-state index >= 15 is 0 Å². The van der Waals surface area contributed by atoms with Crippen molar-refractivity contribution in [3.05, 3.63) is 58.9 Å². The van der Waals surface area contributed by atoms with Gasteiger partial charge in [-0.15, -0.1) is 0 Å². The molecule has 2 amide bonds. The number of hydrogen-bond acceptors (Lipinski definition) is 2. The van der Waals surface area contributed by atoms with Crippen molar-refractivity contribution >= 4 is 34.8 Å². The zero-order valence-corrected chi connectivity index (χ0v) is 12.2. The van der Waals surface area contributed by atoms with Crippen LogP contribution in [0.5, 0.6) is 0 Å². The van der Waals surface area contributed by atoms with Gasteiger partial charge in [0.05, 0.1) is 17.8 Å². The van der Waals surface area contributed by atoms with Gasteiger partial charge in [-0.1, -0.05) is 29.8 Å². The molecule has 112 valence electrons. The quantitative estimate of drug-likeness (QED) is 0.925. The molecule has 0 unspecified atom stereocenters. The maximum atomic E-state index is 13.8. The van der Waals surface area contributed by atoms with Crippen LogP contribution in [-0.4, -0.2) is 18.4 Å². The number of carbonyl (C=O) groups excluding carboxylic acids is 2. The Balaban J connectivity index is 1.91. The van der Waals surface area contributed by atoms with Crippen molar-refractivity contribution < 1.29 is 14.0 Å². The van der Waals surface area contributed by atoms with E-state index in [1.54, 1.807) is 24.3 Å². The van der Waals surface area contributed by atoms with E-state index < -0.39 is 5.82 Å². The molecule has 0 radical (unpaired) electrons. The summed E-state index contributed by atoms with van der Waals surface area (Å²) in [6, 6.07) is 11.2. The smallest absolute Gasteiger partial charge is 0.244 e. The predicted molar refractivity (Wildman–Crippen MR) is 82.5 cm³/mol. The fraction of sp³-hybridized carbons (Fsp3) is 0.125. The first-order valence-corrected chi connectivity index (χ1v) is 7.06. The summed E-state index contributed by atoms with van der Waals surface area (Å²) in [5.41, 5.74) is 1.30. The number of rotatable bonds is 2. The Labute approximate surface area is 131 Å². The average molecular weight is 319 g/mol. The van der Waals surface area contributed by atoms with Crippen LogP contribution in [0.4, 0.5) is 15.8 Å². The standard InChI is InChI=1S/C16H12ClFN2O2/c17-11-4-3-5-12(18)10(11)8-16(22)20-9-15(21)19-13-6-1-2-7-14(13)20/h1-7H,8-9H2,(H,19,21). The van der Waals surface area contributed by atoms with Crippen LogP contribution < -0.4 is 10.2 Å². The third-order valence-electron chi connectivity index (χ3n) is 3.46. The molecule has 4 nitrogen and oxygen atoms in total. The van der Waals surface area contributed by atoms with Crippen LogP contribution in [0.1, 0.15) is 5.56 Å². The predicted octanol–water partition coefficient (Wildman–Crippen LogP) is 3.01. The summed E-state index contributed by atoms with van der Waals surface area (Å²) in [5.74, 6) is -1.20. The Morgan fingerprint density at radius 1 is 1.23 bits per heavy atom. The van der Waals surface area contributed by atoms with E-state index in [-0.39, 0.29) is 35.4 Å². The molecule has 0 spiro atoms. The first-order valence-electron chi connectivity index (χ1n) is 6.68. The van der Waals surface area contributed by atoms with E-state index in [0.717, 1.165) is 0 Å². The highest BCUT2D eigenvalue weighted by atomic mass is 35.5. The number of anilines is 2. The van der Waals surface area contributed by atoms with Gasteiger partial charge in [0, 0.05) is 10.6 Å². The monoisotopic (exact) mass is 318 g/mol. The van der Waals surface area contributed by atoms with Gasteiger partial charge in [0.2, 0.25) is 11.8 Å². The molecule has 1 heterocycles. The van der Waals surface area contributed by atoms with Crippen LogP contribution in [0.2, 0.25) is 5.02 Å². The van der Waals surface area contributed by atoms with Gasteiger partial charge in [-0.25, -0.2) is 4.39 Å². The van der Waals surface area contributed by atoms with Gasteiger partial charge in [0.1, 0.15) is 12.4 Å². The maximum Gasteiger partial charge on any atom is 0.244 e. The average Bonchev–Trinajstić information content (AvgIpc) is 2.50. The van der Waals surface area contributed by atoms with Gasteiger partial charge in [0.25, 0.3) is 0 Å². The van der Waals surface area contributed by atoms with Crippen molar-refractivity contribution in [1.29, 1.82) is 0 Å². The summed E-state index contributed by atoms with van der Waals surface area (Å²) in [4.78, 5) is 25.6. The Bertz CT molecular complexity index is 743. The number of halogens is 2. The fourth-order valence-corrected chi connectivity index (χ4v) is 2.63. The molecule has 0 fully saturated rings. The van der Waals surface area contributed by atoms with E-state index in [9.17, 15) is 14.0 Å². The van der Waals surface area contributed by atoms with Crippen molar-refractivity contribution in [3.63, 3.8) is 0 Å². The zero-order chi connectivity index (χ0) is 15.7. The highest BCUT2D eigenvalue weighted by Gasteiger charge is 2.27. The van der Waals surface area contributed by atoms with Gasteiger partial charge >= 0.3 is 0 Å². The normalized spacial score (nSPS) is 13.5. The van der Waals surface area contributed by atoms with E-state index in [0.29, 0.717) is 11.4 Å². The number of nitrogens with one attached hydrogen (secondary N) is 1. The molecule has 22 heavy (non-hydrogen) atoms. The lowest BCUT2D eigenvalue weighted by molar-refractivity contribution is -0.121. The summed E-state index contributed by atoms with van der Waals surface area (Å²) in [5, 5.41) is 2.90. The van der Waals surface area contributed by atoms with Crippen LogP contribution in [0.15, 0.2) is 42.5 Å². The van der Waals surface area contributed by atoms with Crippen molar-refractivity contribution in [1.82, 2.24) is 0 Å². The molecule has 1 aliphatic heterocycles. The third kappa shape index (κ3) is 2.67. The zero-order valence-electron chi connectivity index (χ0n) is 11.5. The lowest BCUT2D eigenvalue weighted by Crippen LogP contribution is -2.43. The van der Waals surface area contributed by atoms with Crippen LogP contribution >= 0.6 is 11.6 Å². The summed E-state index contributed by atoms with van der Waals surface area (Å²) < 4.78 is 13.8. The van der Waals surface area contributed by atoms with Crippen LogP contribution in [0.3, 0.4) is 0 Å². The van der Waals surface area contributed by atoms with E-state index in [4.69, 9.17) is 11.6 Å². The second kappa shape index (κ2) is 5.77. The number of carbonyl (C=O) groups is 2. The van der Waals surface area contributed by atoms with Crippen molar-refractivity contribution in [2.45, 2.75) is 6.42 Å². The summed E-state index contributed by atoms with van der Waals surface area (Å²) in [7, 11) is 0. The molecule has 0 aliphatic carbocycles. The highest BCUT2D eigenvalue weighted by molar-refractivity contribution is 6.31. The first kappa shape index (κ1) is 14.5. The largest absolute Gasteiger partial charge is 0.323 e. The minimum absolute atomic E-state index is 0.0953. The molecular weight excluding hydrogens is 307 g/mol.